The second-order valence-electron chi connectivity index (χ2n) is 5.16. The smallest absolute Gasteiger partial charge is 0.318 e. The lowest BCUT2D eigenvalue weighted by atomic mass is 10.2. The van der Waals surface area contributed by atoms with Gasteiger partial charge in [0.1, 0.15) is 5.01 Å². The van der Waals surface area contributed by atoms with Crippen molar-refractivity contribution in [3.8, 4) is 10.6 Å². The van der Waals surface area contributed by atoms with Gasteiger partial charge in [0.2, 0.25) is 0 Å². The van der Waals surface area contributed by atoms with E-state index in [0.717, 1.165) is 34.0 Å². The van der Waals surface area contributed by atoms with E-state index >= 15 is 0 Å². The van der Waals surface area contributed by atoms with Crippen LogP contribution >= 0.6 is 11.3 Å². The molecule has 0 spiro atoms. The molecular weight excluding hydrogens is 284 g/mol. The van der Waals surface area contributed by atoms with Crippen LogP contribution in [-0.2, 0) is 9.63 Å². The van der Waals surface area contributed by atoms with Crippen molar-refractivity contribution in [2.45, 2.75) is 26.7 Å². The summed E-state index contributed by atoms with van der Waals surface area (Å²) in [6.07, 6.45) is 1.84. The van der Waals surface area contributed by atoms with Gasteiger partial charge in [0.05, 0.1) is 22.2 Å². The third-order valence-corrected chi connectivity index (χ3v) is 4.64. The van der Waals surface area contributed by atoms with E-state index < -0.39 is 0 Å². The van der Waals surface area contributed by atoms with Gasteiger partial charge in [-0.1, -0.05) is 35.5 Å². The molecule has 0 atom stereocenters. The number of carbonyl (C=O) groups excluding carboxylic acids is 1. The van der Waals surface area contributed by atoms with Gasteiger partial charge in [-0.3, -0.25) is 0 Å². The Balaban J connectivity index is 1.80. The molecule has 0 saturated heterocycles. The van der Waals surface area contributed by atoms with Crippen molar-refractivity contribution >= 4 is 23.0 Å². The number of oxime groups is 1. The number of hydrogen-bond donors (Lipinski definition) is 0. The highest BCUT2D eigenvalue weighted by Crippen LogP contribution is 2.31. The van der Waals surface area contributed by atoms with Gasteiger partial charge in [0.25, 0.3) is 0 Å². The van der Waals surface area contributed by atoms with Gasteiger partial charge in [0, 0.05) is 5.56 Å². The van der Waals surface area contributed by atoms with E-state index in [0.29, 0.717) is 5.71 Å². The normalized spacial score (nSPS) is 15.0. The lowest BCUT2D eigenvalue weighted by molar-refractivity contribution is -0.145. The summed E-state index contributed by atoms with van der Waals surface area (Å²) in [5, 5.41) is 4.91. The number of thiazole rings is 1. The Morgan fingerprint density at radius 2 is 2.05 bits per heavy atom. The minimum absolute atomic E-state index is 0.0592. The molecule has 4 nitrogen and oxygen atoms in total. The molecule has 0 aliphatic heterocycles. The summed E-state index contributed by atoms with van der Waals surface area (Å²) in [7, 11) is 0. The third kappa shape index (κ3) is 3.19. The van der Waals surface area contributed by atoms with E-state index in [1.165, 1.54) is 0 Å². The molecule has 1 aliphatic rings. The zero-order chi connectivity index (χ0) is 14.8. The van der Waals surface area contributed by atoms with E-state index in [2.05, 4.69) is 10.1 Å². The summed E-state index contributed by atoms with van der Waals surface area (Å²) >= 11 is 1.56. The van der Waals surface area contributed by atoms with Crippen molar-refractivity contribution < 1.29 is 9.63 Å². The van der Waals surface area contributed by atoms with E-state index in [4.69, 9.17) is 4.84 Å². The lowest BCUT2D eigenvalue weighted by Gasteiger charge is -1.98. The molecule has 108 valence electrons. The van der Waals surface area contributed by atoms with Gasteiger partial charge in [-0.15, -0.1) is 11.3 Å². The van der Waals surface area contributed by atoms with E-state index in [1.807, 2.05) is 44.2 Å². The van der Waals surface area contributed by atoms with Crippen molar-refractivity contribution in [1.82, 2.24) is 4.98 Å². The van der Waals surface area contributed by atoms with Gasteiger partial charge in [-0.2, -0.15) is 0 Å². The molecule has 0 unspecified atom stereocenters. The van der Waals surface area contributed by atoms with Crippen molar-refractivity contribution in [3.63, 3.8) is 0 Å². The SMILES string of the molecule is C/C(=N/OC(=O)C1CC1)c1sc(-c2ccccc2)nc1C. The number of hydrogen-bond acceptors (Lipinski definition) is 5. The number of aromatic nitrogens is 1. The fraction of sp³-hybridized carbons (Fsp3) is 0.312. The highest BCUT2D eigenvalue weighted by atomic mass is 32.1. The molecule has 21 heavy (non-hydrogen) atoms. The Hall–Kier alpha value is -2.01. The second-order valence-corrected chi connectivity index (χ2v) is 6.16. The summed E-state index contributed by atoms with van der Waals surface area (Å²) in [5.41, 5.74) is 2.68. The maximum Gasteiger partial charge on any atom is 0.338 e. The highest BCUT2D eigenvalue weighted by Gasteiger charge is 2.31. The first kappa shape index (κ1) is 13.9. The van der Waals surface area contributed by atoms with Crippen LogP contribution in [0.2, 0.25) is 0 Å². The number of benzene rings is 1. The second kappa shape index (κ2) is 5.77. The highest BCUT2D eigenvalue weighted by molar-refractivity contribution is 7.17. The van der Waals surface area contributed by atoms with Gasteiger partial charge in [0.15, 0.2) is 0 Å². The van der Waals surface area contributed by atoms with Crippen LogP contribution in [0.1, 0.15) is 30.3 Å². The van der Waals surface area contributed by atoms with Crippen LogP contribution in [0.3, 0.4) is 0 Å². The number of aryl methyl sites for hydroxylation is 1. The molecule has 0 radical (unpaired) electrons. The van der Waals surface area contributed by atoms with Crippen LogP contribution in [0.15, 0.2) is 35.5 Å². The zero-order valence-electron chi connectivity index (χ0n) is 12.0. The Labute approximate surface area is 127 Å². The molecule has 1 heterocycles. The Kier molecular flexibility index (Phi) is 3.84. The van der Waals surface area contributed by atoms with Crippen LogP contribution < -0.4 is 0 Å². The number of rotatable bonds is 4. The topological polar surface area (TPSA) is 51.5 Å². The average Bonchev–Trinajstić information content (AvgIpc) is 3.28. The summed E-state index contributed by atoms with van der Waals surface area (Å²) in [6.45, 7) is 3.79. The van der Waals surface area contributed by atoms with Gasteiger partial charge in [-0.05, 0) is 26.7 Å². The first-order valence-electron chi connectivity index (χ1n) is 6.94. The van der Waals surface area contributed by atoms with Gasteiger partial charge in [-0.25, -0.2) is 9.78 Å². The van der Waals surface area contributed by atoms with Crippen molar-refractivity contribution in [2.24, 2.45) is 11.1 Å². The maximum atomic E-state index is 11.5. The number of nitrogens with zero attached hydrogens (tertiary/aromatic N) is 2. The summed E-state index contributed by atoms with van der Waals surface area (Å²) in [6, 6.07) is 10.0. The lowest BCUT2D eigenvalue weighted by Crippen LogP contribution is -2.04. The Bertz CT molecular complexity index is 688. The molecule has 1 aliphatic carbocycles. The van der Waals surface area contributed by atoms with E-state index in [9.17, 15) is 4.79 Å². The Morgan fingerprint density at radius 1 is 1.33 bits per heavy atom. The first-order valence-corrected chi connectivity index (χ1v) is 7.75. The minimum atomic E-state index is -0.222. The van der Waals surface area contributed by atoms with Crippen LogP contribution in [-0.4, -0.2) is 16.7 Å². The van der Waals surface area contributed by atoms with Gasteiger partial charge >= 0.3 is 5.97 Å². The molecule has 1 fully saturated rings. The summed E-state index contributed by atoms with van der Waals surface area (Å²) in [4.78, 5) is 22.0. The summed E-state index contributed by atoms with van der Waals surface area (Å²) in [5.74, 6) is -0.163. The molecule has 1 aromatic carbocycles. The fourth-order valence-corrected chi connectivity index (χ4v) is 2.99. The molecule has 1 aromatic heterocycles. The quantitative estimate of drug-likeness (QED) is 0.490. The van der Waals surface area contributed by atoms with Crippen LogP contribution in [0.4, 0.5) is 0 Å². The third-order valence-electron chi connectivity index (χ3n) is 3.33. The van der Waals surface area contributed by atoms with Gasteiger partial charge < -0.3 is 4.84 Å². The average molecular weight is 300 g/mol. The van der Waals surface area contributed by atoms with Crippen molar-refractivity contribution in [2.75, 3.05) is 0 Å². The van der Waals surface area contributed by atoms with E-state index in [1.54, 1.807) is 11.3 Å². The predicted molar refractivity (Wildman–Crippen MR) is 83.3 cm³/mol. The minimum Gasteiger partial charge on any atom is -0.318 e. The molecule has 1 saturated carbocycles. The standard InChI is InChI=1S/C16H16N2O2S/c1-10-14(11(2)18-20-16(19)13-8-9-13)21-15(17-10)12-6-4-3-5-7-12/h3-7,13H,8-9H2,1-2H3/b18-11-. The van der Waals surface area contributed by atoms with Crippen molar-refractivity contribution in [3.05, 3.63) is 40.9 Å². The van der Waals surface area contributed by atoms with Crippen LogP contribution in [0.5, 0.6) is 0 Å². The van der Waals surface area contributed by atoms with Crippen LogP contribution in [0, 0.1) is 12.8 Å². The molecule has 0 amide bonds. The zero-order valence-corrected chi connectivity index (χ0v) is 12.8. The maximum absolute atomic E-state index is 11.5. The van der Waals surface area contributed by atoms with E-state index in [-0.39, 0.29) is 11.9 Å². The molecule has 5 heteroatoms. The number of carbonyl (C=O) groups is 1. The van der Waals surface area contributed by atoms with Crippen LogP contribution in [0.25, 0.3) is 10.6 Å². The largest absolute Gasteiger partial charge is 0.338 e. The predicted octanol–water partition coefficient (Wildman–Crippen LogP) is 3.80. The molecule has 2 aromatic rings. The summed E-state index contributed by atoms with van der Waals surface area (Å²) < 4.78 is 0. The first-order chi connectivity index (χ1) is 10.1. The molecule has 0 N–H and O–H groups in total. The molecule has 3 rings (SSSR count). The molecule has 0 bridgehead atoms. The molecular formula is C16H16N2O2S. The fourth-order valence-electron chi connectivity index (χ4n) is 1.98. The Morgan fingerprint density at radius 3 is 2.71 bits per heavy atom. The van der Waals surface area contributed by atoms with Crippen molar-refractivity contribution in [1.29, 1.82) is 0 Å². The monoisotopic (exact) mass is 300 g/mol.